The molecular formula is C21H22BrNO4. The van der Waals surface area contributed by atoms with Crippen LogP contribution in [-0.2, 0) is 20.7 Å². The Morgan fingerprint density at radius 1 is 1.22 bits per heavy atom. The first-order chi connectivity index (χ1) is 12.9. The summed E-state index contributed by atoms with van der Waals surface area (Å²) in [7, 11) is 1.55. The zero-order valence-corrected chi connectivity index (χ0v) is 17.1. The van der Waals surface area contributed by atoms with Crippen LogP contribution in [0.5, 0.6) is 5.75 Å². The van der Waals surface area contributed by atoms with Gasteiger partial charge in [-0.05, 0) is 48.7 Å². The summed E-state index contributed by atoms with van der Waals surface area (Å²) in [5, 5.41) is 2.82. The first kappa shape index (κ1) is 20.7. The smallest absolute Gasteiger partial charge is 0.331 e. The van der Waals surface area contributed by atoms with Crippen molar-refractivity contribution in [1.29, 1.82) is 0 Å². The van der Waals surface area contributed by atoms with Crippen LogP contribution in [0, 0.1) is 6.92 Å². The van der Waals surface area contributed by atoms with Crippen molar-refractivity contribution < 1.29 is 19.1 Å². The molecule has 0 radical (unpaired) electrons. The number of carbonyl (C=O) groups is 2. The molecule has 0 aromatic heterocycles. The third kappa shape index (κ3) is 5.96. The number of ether oxygens (including phenoxy) is 2. The first-order valence-corrected chi connectivity index (χ1v) is 9.30. The van der Waals surface area contributed by atoms with Gasteiger partial charge in [0.25, 0.3) is 5.91 Å². The van der Waals surface area contributed by atoms with Gasteiger partial charge < -0.3 is 14.8 Å². The fourth-order valence-electron chi connectivity index (χ4n) is 2.56. The minimum atomic E-state index is -0.604. The molecule has 2 rings (SSSR count). The van der Waals surface area contributed by atoms with Gasteiger partial charge in [0, 0.05) is 21.8 Å². The molecular weight excluding hydrogens is 410 g/mol. The second kappa shape index (κ2) is 9.92. The van der Waals surface area contributed by atoms with Crippen LogP contribution in [0.15, 0.2) is 46.9 Å². The largest absolute Gasteiger partial charge is 0.496 e. The van der Waals surface area contributed by atoms with Gasteiger partial charge in [-0.15, -0.1) is 0 Å². The normalized spacial score (nSPS) is 10.7. The Kier molecular flexibility index (Phi) is 7.61. The highest BCUT2D eigenvalue weighted by molar-refractivity contribution is 9.10. The highest BCUT2D eigenvalue weighted by atomic mass is 79.9. The molecule has 0 aliphatic carbocycles. The van der Waals surface area contributed by atoms with Crippen LogP contribution in [0.1, 0.15) is 23.6 Å². The minimum Gasteiger partial charge on any atom is -0.496 e. The molecule has 1 N–H and O–H groups in total. The summed E-state index contributed by atoms with van der Waals surface area (Å²) in [5.74, 6) is -0.347. The Hall–Kier alpha value is -2.60. The van der Waals surface area contributed by atoms with Gasteiger partial charge in [-0.2, -0.15) is 0 Å². The molecule has 0 saturated carbocycles. The summed E-state index contributed by atoms with van der Waals surface area (Å²) in [5.41, 5.74) is 3.50. The van der Waals surface area contributed by atoms with Crippen molar-refractivity contribution in [2.45, 2.75) is 20.3 Å². The Morgan fingerprint density at radius 2 is 2.00 bits per heavy atom. The molecule has 0 atom stereocenters. The fourth-order valence-corrected chi connectivity index (χ4v) is 2.93. The molecule has 2 aromatic rings. The lowest BCUT2D eigenvalue weighted by molar-refractivity contribution is -0.142. The van der Waals surface area contributed by atoms with Crippen LogP contribution in [0.25, 0.3) is 6.08 Å². The SMILES string of the molecule is CCc1cccc(C)c1NC(=O)COC(=O)/C=C/c1cc(Br)ccc1OC. The lowest BCUT2D eigenvalue weighted by Crippen LogP contribution is -2.21. The standard InChI is InChI=1S/C21H22BrNO4/c1-4-15-7-5-6-14(2)21(15)23-19(24)13-27-20(25)11-8-16-12-17(22)9-10-18(16)26-3/h5-12H,4,13H2,1-3H3,(H,23,24)/b11-8+. The lowest BCUT2D eigenvalue weighted by Gasteiger charge is -2.12. The molecule has 27 heavy (non-hydrogen) atoms. The number of para-hydroxylation sites is 1. The van der Waals surface area contributed by atoms with Crippen LogP contribution in [0.3, 0.4) is 0 Å². The third-order valence-corrected chi connectivity index (χ3v) is 4.43. The number of amides is 1. The van der Waals surface area contributed by atoms with E-state index in [1.807, 2.05) is 44.2 Å². The van der Waals surface area contributed by atoms with Gasteiger partial charge in [-0.3, -0.25) is 4.79 Å². The monoisotopic (exact) mass is 431 g/mol. The van der Waals surface area contributed by atoms with Crippen molar-refractivity contribution in [1.82, 2.24) is 0 Å². The number of nitrogens with one attached hydrogen (secondary N) is 1. The highest BCUT2D eigenvalue weighted by Crippen LogP contribution is 2.24. The van der Waals surface area contributed by atoms with E-state index in [2.05, 4.69) is 21.2 Å². The number of hydrogen-bond acceptors (Lipinski definition) is 4. The van der Waals surface area contributed by atoms with E-state index >= 15 is 0 Å². The molecule has 5 nitrogen and oxygen atoms in total. The predicted octanol–water partition coefficient (Wildman–Crippen LogP) is 4.52. The number of esters is 1. The first-order valence-electron chi connectivity index (χ1n) is 8.51. The van der Waals surface area contributed by atoms with E-state index in [9.17, 15) is 9.59 Å². The molecule has 0 fully saturated rings. The van der Waals surface area contributed by atoms with E-state index in [-0.39, 0.29) is 12.5 Å². The summed E-state index contributed by atoms with van der Waals surface area (Å²) in [6, 6.07) is 11.3. The van der Waals surface area contributed by atoms with Gasteiger partial charge in [0.2, 0.25) is 0 Å². The van der Waals surface area contributed by atoms with E-state index in [0.717, 1.165) is 33.3 Å². The Balaban J connectivity index is 1.94. The minimum absolute atomic E-state index is 0.351. The summed E-state index contributed by atoms with van der Waals surface area (Å²) < 4.78 is 11.1. The van der Waals surface area contributed by atoms with E-state index in [4.69, 9.17) is 9.47 Å². The van der Waals surface area contributed by atoms with Crippen molar-refractivity contribution in [2.75, 3.05) is 19.0 Å². The molecule has 0 saturated heterocycles. The zero-order chi connectivity index (χ0) is 19.8. The second-order valence-corrected chi connectivity index (χ2v) is 6.75. The van der Waals surface area contributed by atoms with Crippen molar-refractivity contribution in [2.24, 2.45) is 0 Å². The summed E-state index contributed by atoms with van der Waals surface area (Å²) in [6.45, 7) is 3.59. The number of carbonyl (C=O) groups excluding carboxylic acids is 2. The van der Waals surface area contributed by atoms with Crippen LogP contribution in [0.2, 0.25) is 0 Å². The van der Waals surface area contributed by atoms with Gasteiger partial charge in [0.15, 0.2) is 6.61 Å². The van der Waals surface area contributed by atoms with E-state index in [1.54, 1.807) is 19.3 Å². The molecule has 0 aliphatic heterocycles. The van der Waals surface area contributed by atoms with Crippen molar-refractivity contribution in [3.05, 3.63) is 63.6 Å². The average molecular weight is 432 g/mol. The van der Waals surface area contributed by atoms with E-state index in [1.165, 1.54) is 6.08 Å². The Bertz CT molecular complexity index is 861. The molecule has 2 aromatic carbocycles. The second-order valence-electron chi connectivity index (χ2n) is 5.84. The van der Waals surface area contributed by atoms with Crippen molar-refractivity contribution >= 4 is 39.6 Å². The van der Waals surface area contributed by atoms with Gasteiger partial charge in [0.1, 0.15) is 5.75 Å². The number of methoxy groups -OCH3 is 1. The van der Waals surface area contributed by atoms with Gasteiger partial charge in [-0.25, -0.2) is 4.79 Å². The topological polar surface area (TPSA) is 64.6 Å². The van der Waals surface area contributed by atoms with Gasteiger partial charge >= 0.3 is 5.97 Å². The third-order valence-electron chi connectivity index (χ3n) is 3.94. The van der Waals surface area contributed by atoms with Crippen molar-refractivity contribution in [3.8, 4) is 5.75 Å². The van der Waals surface area contributed by atoms with E-state index < -0.39 is 5.97 Å². The predicted molar refractivity (Wildman–Crippen MR) is 110 cm³/mol. The molecule has 0 aliphatic rings. The maximum absolute atomic E-state index is 12.1. The Morgan fingerprint density at radius 3 is 2.70 bits per heavy atom. The highest BCUT2D eigenvalue weighted by Gasteiger charge is 2.10. The molecule has 142 valence electrons. The lowest BCUT2D eigenvalue weighted by atomic mass is 10.1. The van der Waals surface area contributed by atoms with Crippen LogP contribution >= 0.6 is 15.9 Å². The van der Waals surface area contributed by atoms with E-state index in [0.29, 0.717) is 5.75 Å². The number of anilines is 1. The summed E-state index contributed by atoms with van der Waals surface area (Å²) in [4.78, 5) is 24.0. The number of rotatable bonds is 7. The Labute approximate surface area is 167 Å². The summed E-state index contributed by atoms with van der Waals surface area (Å²) in [6.07, 6.45) is 3.65. The quantitative estimate of drug-likeness (QED) is 0.516. The number of hydrogen-bond donors (Lipinski definition) is 1. The summed E-state index contributed by atoms with van der Waals surface area (Å²) >= 11 is 3.37. The molecule has 6 heteroatoms. The molecule has 0 spiro atoms. The van der Waals surface area contributed by atoms with Gasteiger partial charge in [0.05, 0.1) is 7.11 Å². The van der Waals surface area contributed by atoms with Gasteiger partial charge in [-0.1, -0.05) is 41.1 Å². The molecule has 0 bridgehead atoms. The number of halogens is 1. The van der Waals surface area contributed by atoms with Crippen molar-refractivity contribution in [3.63, 3.8) is 0 Å². The number of benzene rings is 2. The maximum Gasteiger partial charge on any atom is 0.331 e. The zero-order valence-electron chi connectivity index (χ0n) is 15.5. The van der Waals surface area contributed by atoms with Crippen LogP contribution in [-0.4, -0.2) is 25.6 Å². The average Bonchev–Trinajstić information content (AvgIpc) is 2.66. The molecule has 0 unspecified atom stereocenters. The van der Waals surface area contributed by atoms with Crippen LogP contribution in [0.4, 0.5) is 5.69 Å². The fraction of sp³-hybridized carbons (Fsp3) is 0.238. The van der Waals surface area contributed by atoms with Crippen LogP contribution < -0.4 is 10.1 Å². The number of aryl methyl sites for hydroxylation is 2. The molecule has 1 amide bonds. The maximum atomic E-state index is 12.1. The molecule has 0 heterocycles.